The van der Waals surface area contributed by atoms with Crippen molar-refractivity contribution < 1.29 is 34.1 Å². The summed E-state index contributed by atoms with van der Waals surface area (Å²) in [5.74, 6) is -2.26. The van der Waals surface area contributed by atoms with Crippen LogP contribution >= 0.6 is 0 Å². The summed E-state index contributed by atoms with van der Waals surface area (Å²) in [6.07, 6.45) is -3.86. The van der Waals surface area contributed by atoms with Crippen LogP contribution in [0.1, 0.15) is 18.2 Å². The number of ether oxygens (including phenoxy) is 2. The van der Waals surface area contributed by atoms with Crippen molar-refractivity contribution in [3.63, 3.8) is 0 Å². The predicted octanol–water partition coefficient (Wildman–Crippen LogP) is -0.366. The van der Waals surface area contributed by atoms with Crippen molar-refractivity contribution in [3.8, 4) is 0 Å². The second-order valence-electron chi connectivity index (χ2n) is 7.69. The zero-order valence-electron chi connectivity index (χ0n) is 18.3. The summed E-state index contributed by atoms with van der Waals surface area (Å²) >= 11 is 0. The van der Waals surface area contributed by atoms with Crippen LogP contribution in [0.2, 0.25) is 0 Å². The van der Waals surface area contributed by atoms with Gasteiger partial charge in [0.2, 0.25) is 5.91 Å². The smallest absolute Gasteiger partial charge is 0.417 e. The number of nitrogens with zero attached hydrogens (tertiary/aromatic N) is 5. The van der Waals surface area contributed by atoms with Crippen LogP contribution in [-0.2, 0) is 25.7 Å². The van der Waals surface area contributed by atoms with Gasteiger partial charge in [-0.1, -0.05) is 30.3 Å². The predicted molar refractivity (Wildman–Crippen MR) is 118 cm³/mol. The lowest BCUT2D eigenvalue weighted by molar-refractivity contribution is -0.154. The van der Waals surface area contributed by atoms with Crippen LogP contribution in [-0.4, -0.2) is 77.4 Å². The Bertz CT molecular complexity index is 1240. The van der Waals surface area contributed by atoms with Crippen LogP contribution in [0.5, 0.6) is 0 Å². The minimum absolute atomic E-state index is 0.0665. The number of carboxylic acids is 1. The first-order chi connectivity index (χ1) is 16.8. The molecule has 4 rings (SSSR count). The van der Waals surface area contributed by atoms with Crippen LogP contribution in [0.15, 0.2) is 43.0 Å². The molecular weight excluding hydrogens is 462 g/mol. The van der Waals surface area contributed by atoms with Crippen molar-refractivity contribution in [1.29, 1.82) is 0 Å². The highest BCUT2D eigenvalue weighted by atomic mass is 16.6. The largest absolute Gasteiger partial charge is 0.479 e. The number of aliphatic hydroxyl groups excluding tert-OH is 1. The van der Waals surface area contributed by atoms with Crippen LogP contribution in [0.25, 0.3) is 11.2 Å². The Morgan fingerprint density at radius 1 is 1.17 bits per heavy atom. The van der Waals surface area contributed by atoms with Gasteiger partial charge < -0.3 is 31.2 Å². The lowest BCUT2D eigenvalue weighted by Gasteiger charge is -2.30. The number of hydrogen-bond donors (Lipinski definition) is 4. The number of anilines is 1. The van der Waals surface area contributed by atoms with E-state index in [0.29, 0.717) is 10.5 Å². The highest BCUT2D eigenvalue weighted by molar-refractivity contribution is 5.93. The Morgan fingerprint density at radius 3 is 2.60 bits per heavy atom. The summed E-state index contributed by atoms with van der Waals surface area (Å²) in [7, 11) is 0. The van der Waals surface area contributed by atoms with Gasteiger partial charge in [0.05, 0.1) is 6.33 Å². The molecule has 14 heteroatoms. The van der Waals surface area contributed by atoms with Gasteiger partial charge in [0, 0.05) is 13.0 Å². The number of amides is 2. The summed E-state index contributed by atoms with van der Waals surface area (Å²) in [6, 6.07) is 7.06. The molecule has 3 aromatic rings. The van der Waals surface area contributed by atoms with E-state index in [0.717, 1.165) is 0 Å². The molecule has 0 saturated carbocycles. The molecule has 2 amide bonds. The number of aliphatic carboxylic acids is 1. The van der Waals surface area contributed by atoms with E-state index in [1.165, 1.54) is 17.2 Å². The number of aliphatic hydroxyl groups is 1. The first kappa shape index (κ1) is 24.0. The van der Waals surface area contributed by atoms with Gasteiger partial charge in [-0.3, -0.25) is 9.36 Å². The third-order valence-corrected chi connectivity index (χ3v) is 5.47. The number of imide groups is 1. The van der Waals surface area contributed by atoms with E-state index in [9.17, 15) is 24.6 Å². The number of nitrogen functional groups attached to an aromatic ring is 1. The van der Waals surface area contributed by atoms with Gasteiger partial charge in [0.25, 0.3) is 0 Å². The summed E-state index contributed by atoms with van der Waals surface area (Å²) < 4.78 is 12.1. The highest BCUT2D eigenvalue weighted by Gasteiger charge is 2.54. The zero-order chi connectivity index (χ0) is 25.1. The molecule has 184 valence electrons. The number of hydrogen-bond acceptors (Lipinski definition) is 11. The molecule has 2 aromatic heterocycles. The van der Waals surface area contributed by atoms with E-state index < -0.39 is 42.4 Å². The van der Waals surface area contributed by atoms with Crippen LogP contribution < -0.4 is 11.5 Å². The fourth-order valence-electron chi connectivity index (χ4n) is 3.86. The van der Waals surface area contributed by atoms with Gasteiger partial charge in [-0.25, -0.2) is 29.4 Å². The molecule has 4 atom stereocenters. The summed E-state index contributed by atoms with van der Waals surface area (Å²) in [5.41, 5.74) is 12.3. The number of nitrogens with two attached hydrogens (primary N) is 2. The number of carboxylic acid groups (broad SMARTS) is 1. The number of aromatic nitrogens is 4. The molecule has 1 fully saturated rings. The van der Waals surface area contributed by atoms with Gasteiger partial charge >= 0.3 is 12.1 Å². The fraction of sp³-hybridized carbons (Fsp3) is 0.333. The maximum Gasteiger partial charge on any atom is 0.417 e. The van der Waals surface area contributed by atoms with Gasteiger partial charge in [-0.2, -0.15) is 0 Å². The normalized spacial score (nSPS) is 21.7. The van der Waals surface area contributed by atoms with Gasteiger partial charge in [0.1, 0.15) is 30.6 Å². The first-order valence-corrected chi connectivity index (χ1v) is 10.6. The van der Waals surface area contributed by atoms with Crippen LogP contribution in [0.4, 0.5) is 10.6 Å². The SMILES string of the molecule is NCCC(=O)N(C(=O)OCc1ccccc1)[C@H]1[C@@H](O)[C@H](n2cnc3c(N)ncnc32)O[C@@H]1C(=O)O. The topological polar surface area (TPSA) is 209 Å². The number of carbonyl (C=O) groups is 3. The molecule has 0 bridgehead atoms. The van der Waals surface area contributed by atoms with E-state index in [1.807, 2.05) is 0 Å². The Morgan fingerprint density at radius 2 is 1.91 bits per heavy atom. The molecule has 1 aliphatic heterocycles. The molecule has 0 spiro atoms. The molecule has 35 heavy (non-hydrogen) atoms. The molecule has 6 N–H and O–H groups in total. The maximum absolute atomic E-state index is 13.0. The number of benzene rings is 1. The van der Waals surface area contributed by atoms with E-state index >= 15 is 0 Å². The maximum atomic E-state index is 13.0. The van der Waals surface area contributed by atoms with Crippen LogP contribution in [0, 0.1) is 0 Å². The monoisotopic (exact) mass is 485 g/mol. The van der Waals surface area contributed by atoms with Gasteiger partial charge in [0.15, 0.2) is 23.8 Å². The number of fused-ring (bicyclic) bond motifs is 1. The first-order valence-electron chi connectivity index (χ1n) is 10.6. The Balaban J connectivity index is 1.67. The lowest BCUT2D eigenvalue weighted by Crippen LogP contribution is -2.55. The van der Waals surface area contributed by atoms with Crippen molar-refractivity contribution in [2.24, 2.45) is 5.73 Å². The molecule has 0 aliphatic carbocycles. The van der Waals surface area contributed by atoms with Crippen molar-refractivity contribution in [2.75, 3.05) is 12.3 Å². The third-order valence-electron chi connectivity index (χ3n) is 5.47. The number of rotatable bonds is 7. The molecule has 1 saturated heterocycles. The molecule has 0 unspecified atom stereocenters. The van der Waals surface area contributed by atoms with E-state index in [1.54, 1.807) is 30.3 Å². The molecule has 1 aromatic carbocycles. The van der Waals surface area contributed by atoms with Crippen molar-refractivity contribution >= 4 is 35.0 Å². The quantitative estimate of drug-likeness (QED) is 0.338. The Hall–Kier alpha value is -4.14. The highest BCUT2D eigenvalue weighted by Crippen LogP contribution is 2.35. The molecular formula is C21H23N7O7. The molecule has 14 nitrogen and oxygen atoms in total. The summed E-state index contributed by atoms with van der Waals surface area (Å²) in [4.78, 5) is 50.5. The van der Waals surface area contributed by atoms with E-state index in [-0.39, 0.29) is 36.6 Å². The molecule has 3 heterocycles. The minimum Gasteiger partial charge on any atom is -0.479 e. The lowest BCUT2D eigenvalue weighted by atomic mass is 10.0. The van der Waals surface area contributed by atoms with Crippen molar-refractivity contribution in [1.82, 2.24) is 24.4 Å². The number of carbonyl (C=O) groups excluding carboxylic acids is 2. The Kier molecular flexibility index (Phi) is 6.86. The van der Waals surface area contributed by atoms with E-state index in [2.05, 4.69) is 15.0 Å². The van der Waals surface area contributed by atoms with E-state index in [4.69, 9.17) is 20.9 Å². The Labute approximate surface area is 198 Å². The molecule has 0 radical (unpaired) electrons. The average molecular weight is 485 g/mol. The molecule has 1 aliphatic rings. The van der Waals surface area contributed by atoms with Crippen molar-refractivity contribution in [3.05, 3.63) is 48.5 Å². The summed E-state index contributed by atoms with van der Waals surface area (Å²) in [5, 5.41) is 20.9. The standard InChI is InChI=1S/C21H23N7O7/c22-7-6-12(29)28(21(33)34-8-11-4-2-1-3-5-11)14-15(30)19(35-16(14)20(31)32)27-10-26-13-17(23)24-9-25-18(13)27/h1-5,9-10,14-16,19,30H,6-8,22H2,(H,31,32)(H2,23,24,25)/t14-,15+,16-,19+/m0/s1. The van der Waals surface area contributed by atoms with Gasteiger partial charge in [-0.15, -0.1) is 0 Å². The number of imidazole rings is 1. The fourth-order valence-corrected chi connectivity index (χ4v) is 3.86. The van der Waals surface area contributed by atoms with Gasteiger partial charge in [-0.05, 0) is 5.56 Å². The summed E-state index contributed by atoms with van der Waals surface area (Å²) in [6.45, 7) is -0.298. The van der Waals surface area contributed by atoms with Crippen LogP contribution in [0.3, 0.4) is 0 Å². The second-order valence-corrected chi connectivity index (χ2v) is 7.69. The van der Waals surface area contributed by atoms with Crippen molar-refractivity contribution in [2.45, 2.75) is 37.5 Å². The third kappa shape index (κ3) is 4.62. The average Bonchev–Trinajstić information content (AvgIpc) is 3.41. The zero-order valence-corrected chi connectivity index (χ0v) is 18.3. The minimum atomic E-state index is -1.78. The second kappa shape index (κ2) is 10.0.